The summed E-state index contributed by atoms with van der Waals surface area (Å²) in [6.45, 7) is 0. The van der Waals surface area contributed by atoms with E-state index in [2.05, 4.69) is 32.5 Å². The molecule has 0 radical (unpaired) electrons. The van der Waals surface area contributed by atoms with Crippen molar-refractivity contribution in [2.75, 3.05) is 12.4 Å². The normalized spacial score (nSPS) is 9.06. The van der Waals surface area contributed by atoms with Crippen LogP contribution in [0.2, 0.25) is 0 Å². The molecule has 0 aliphatic carbocycles. The number of alkyl halides is 1. The van der Waals surface area contributed by atoms with Crippen LogP contribution < -0.4 is 0 Å². The van der Waals surface area contributed by atoms with Crippen molar-refractivity contribution in [2.45, 2.75) is 0 Å². The fourth-order valence-electron chi connectivity index (χ4n) is 1.16. The molecule has 5 nitrogen and oxygen atoms in total. The highest BCUT2D eigenvalue weighted by Gasteiger charge is 2.13. The molecule has 0 unspecified atom stereocenters. The number of nitrogens with zero attached hydrogens (tertiary/aromatic N) is 1. The molecule has 0 bridgehead atoms. The van der Waals surface area contributed by atoms with Crippen molar-refractivity contribution in [1.82, 2.24) is 0 Å². The number of methoxy groups -OCH3 is 1. The van der Waals surface area contributed by atoms with Crippen molar-refractivity contribution >= 4 is 27.6 Å². The first-order valence-corrected chi connectivity index (χ1v) is 5.63. The predicted molar refractivity (Wildman–Crippen MR) is 65.1 cm³/mol. The van der Waals surface area contributed by atoms with Crippen LogP contribution in [0.4, 0.5) is 5.69 Å². The standard InChI is InChI=1S/C11H8BrNO4/c1-17-11(14)9-5-8(3-2-4-12)6-10(7-9)13(15)16/h5-7H,4H2,1H3. The van der Waals surface area contributed by atoms with Crippen molar-refractivity contribution < 1.29 is 14.5 Å². The van der Waals surface area contributed by atoms with E-state index in [1.165, 1.54) is 19.2 Å². The van der Waals surface area contributed by atoms with E-state index in [0.29, 0.717) is 10.9 Å². The van der Waals surface area contributed by atoms with Gasteiger partial charge in [0, 0.05) is 17.7 Å². The van der Waals surface area contributed by atoms with E-state index >= 15 is 0 Å². The first-order chi connectivity index (χ1) is 8.08. The third kappa shape index (κ3) is 3.57. The van der Waals surface area contributed by atoms with Crippen LogP contribution in [-0.2, 0) is 4.74 Å². The van der Waals surface area contributed by atoms with Crippen molar-refractivity contribution in [1.29, 1.82) is 0 Å². The van der Waals surface area contributed by atoms with Crippen molar-refractivity contribution in [3.8, 4) is 11.8 Å². The minimum absolute atomic E-state index is 0.112. The number of carbonyl (C=O) groups excluding carboxylic acids is 1. The first kappa shape index (κ1) is 13.2. The number of rotatable bonds is 2. The van der Waals surface area contributed by atoms with Gasteiger partial charge in [-0.3, -0.25) is 10.1 Å². The quantitative estimate of drug-likeness (QED) is 0.276. The zero-order chi connectivity index (χ0) is 12.8. The maximum absolute atomic E-state index is 11.3. The second kappa shape index (κ2) is 6.01. The molecule has 0 fully saturated rings. The second-order valence-corrected chi connectivity index (χ2v) is 3.51. The van der Waals surface area contributed by atoms with Crippen LogP contribution in [0.15, 0.2) is 18.2 Å². The van der Waals surface area contributed by atoms with Crippen LogP contribution in [-0.4, -0.2) is 23.3 Å². The highest BCUT2D eigenvalue weighted by Crippen LogP contribution is 2.17. The van der Waals surface area contributed by atoms with E-state index in [4.69, 9.17) is 0 Å². The summed E-state index contributed by atoms with van der Waals surface area (Å²) in [7, 11) is 1.21. The topological polar surface area (TPSA) is 69.4 Å². The summed E-state index contributed by atoms with van der Waals surface area (Å²) in [5.74, 6) is 4.78. The predicted octanol–water partition coefficient (Wildman–Crippen LogP) is 2.13. The summed E-state index contributed by atoms with van der Waals surface area (Å²) in [4.78, 5) is 21.4. The number of hydrogen-bond donors (Lipinski definition) is 0. The summed E-state index contributed by atoms with van der Waals surface area (Å²) in [5.41, 5.74) is 0.325. The number of esters is 1. The minimum Gasteiger partial charge on any atom is -0.465 e. The first-order valence-electron chi connectivity index (χ1n) is 4.51. The van der Waals surface area contributed by atoms with Gasteiger partial charge in [-0.15, -0.1) is 0 Å². The lowest BCUT2D eigenvalue weighted by Gasteiger charge is -2.00. The van der Waals surface area contributed by atoms with Crippen molar-refractivity contribution in [3.05, 3.63) is 39.4 Å². The molecule has 0 heterocycles. The van der Waals surface area contributed by atoms with Crippen LogP contribution >= 0.6 is 15.9 Å². The number of carbonyl (C=O) groups is 1. The zero-order valence-electron chi connectivity index (χ0n) is 8.90. The molecule has 88 valence electrons. The number of nitro benzene ring substituents is 1. The largest absolute Gasteiger partial charge is 0.465 e. The van der Waals surface area contributed by atoms with Crippen LogP contribution in [0.25, 0.3) is 0 Å². The summed E-state index contributed by atoms with van der Waals surface area (Å²) in [5, 5.41) is 11.1. The molecule has 0 N–H and O–H groups in total. The van der Waals surface area contributed by atoms with Crippen LogP contribution in [0.3, 0.4) is 0 Å². The fourth-order valence-corrected chi connectivity index (χ4v) is 1.30. The van der Waals surface area contributed by atoms with Gasteiger partial charge in [0.15, 0.2) is 0 Å². The second-order valence-electron chi connectivity index (χ2n) is 2.95. The Bertz CT molecular complexity index is 516. The molecular weight excluding hydrogens is 290 g/mol. The van der Waals surface area contributed by atoms with Gasteiger partial charge in [-0.25, -0.2) is 4.79 Å². The van der Waals surface area contributed by atoms with E-state index < -0.39 is 10.9 Å². The molecule has 0 saturated carbocycles. The smallest absolute Gasteiger partial charge is 0.338 e. The van der Waals surface area contributed by atoms with Gasteiger partial charge in [-0.1, -0.05) is 27.8 Å². The molecule has 1 aromatic carbocycles. The molecule has 0 atom stereocenters. The SMILES string of the molecule is COC(=O)c1cc(C#CCBr)cc([N+](=O)[O-])c1. The Morgan fingerprint density at radius 2 is 2.24 bits per heavy atom. The lowest BCUT2D eigenvalue weighted by atomic mass is 10.1. The van der Waals surface area contributed by atoms with Gasteiger partial charge in [0.05, 0.1) is 22.9 Å². The number of benzene rings is 1. The molecular formula is C11H8BrNO4. The van der Waals surface area contributed by atoms with Gasteiger partial charge in [-0.2, -0.15) is 0 Å². The van der Waals surface area contributed by atoms with Crippen LogP contribution in [0, 0.1) is 22.0 Å². The Morgan fingerprint density at radius 3 is 2.76 bits per heavy atom. The van der Waals surface area contributed by atoms with Gasteiger partial charge in [-0.05, 0) is 6.07 Å². The van der Waals surface area contributed by atoms with E-state index in [1.54, 1.807) is 0 Å². The average Bonchev–Trinajstić information content (AvgIpc) is 2.34. The van der Waals surface area contributed by atoms with Gasteiger partial charge in [0.1, 0.15) is 0 Å². The molecule has 0 aliphatic rings. The molecule has 0 aliphatic heterocycles. The summed E-state index contributed by atoms with van der Waals surface area (Å²) >= 11 is 3.12. The highest BCUT2D eigenvalue weighted by atomic mass is 79.9. The molecule has 0 saturated heterocycles. The maximum Gasteiger partial charge on any atom is 0.338 e. The van der Waals surface area contributed by atoms with E-state index in [0.717, 1.165) is 6.07 Å². The van der Waals surface area contributed by atoms with Crippen LogP contribution in [0.1, 0.15) is 15.9 Å². The number of non-ortho nitro benzene ring substituents is 1. The Balaban J connectivity index is 3.28. The third-order valence-electron chi connectivity index (χ3n) is 1.85. The van der Waals surface area contributed by atoms with Crippen molar-refractivity contribution in [2.24, 2.45) is 0 Å². The maximum atomic E-state index is 11.3. The van der Waals surface area contributed by atoms with E-state index in [9.17, 15) is 14.9 Å². The monoisotopic (exact) mass is 297 g/mol. The fraction of sp³-hybridized carbons (Fsp3) is 0.182. The third-order valence-corrected chi connectivity index (χ3v) is 2.13. The molecule has 17 heavy (non-hydrogen) atoms. The highest BCUT2D eigenvalue weighted by molar-refractivity contribution is 9.09. The van der Waals surface area contributed by atoms with Gasteiger partial charge in [0.25, 0.3) is 5.69 Å². The van der Waals surface area contributed by atoms with E-state index in [1.807, 2.05) is 0 Å². The molecule has 1 rings (SSSR count). The zero-order valence-corrected chi connectivity index (χ0v) is 10.5. The minimum atomic E-state index is -0.629. The Morgan fingerprint density at radius 1 is 1.53 bits per heavy atom. The lowest BCUT2D eigenvalue weighted by Crippen LogP contribution is -2.03. The molecule has 0 aromatic heterocycles. The number of hydrogen-bond acceptors (Lipinski definition) is 4. The molecule has 0 amide bonds. The molecule has 1 aromatic rings. The Hall–Kier alpha value is -1.87. The average molecular weight is 298 g/mol. The summed E-state index contributed by atoms with van der Waals surface area (Å²) in [6.07, 6.45) is 0. The lowest BCUT2D eigenvalue weighted by molar-refractivity contribution is -0.384. The molecule has 0 spiro atoms. The van der Waals surface area contributed by atoms with E-state index in [-0.39, 0.29) is 11.3 Å². The van der Waals surface area contributed by atoms with Gasteiger partial charge in [0.2, 0.25) is 0 Å². The van der Waals surface area contributed by atoms with Gasteiger partial charge >= 0.3 is 5.97 Å². The number of ether oxygens (including phenoxy) is 1. The van der Waals surface area contributed by atoms with Crippen LogP contribution in [0.5, 0.6) is 0 Å². The number of halogens is 1. The Kier molecular flexibility index (Phi) is 4.67. The number of nitro groups is 1. The van der Waals surface area contributed by atoms with Crippen molar-refractivity contribution in [3.63, 3.8) is 0 Å². The van der Waals surface area contributed by atoms with Gasteiger partial charge < -0.3 is 4.74 Å². The molecule has 6 heteroatoms. The Labute approximate surface area is 106 Å². The summed E-state index contributed by atoms with van der Waals surface area (Å²) in [6, 6.07) is 3.92. The summed E-state index contributed by atoms with van der Waals surface area (Å²) < 4.78 is 4.51.